The summed E-state index contributed by atoms with van der Waals surface area (Å²) in [5, 5.41) is 5.69. The third-order valence-electron chi connectivity index (χ3n) is 4.65. The summed E-state index contributed by atoms with van der Waals surface area (Å²) in [5.74, 6) is 1.04. The molecule has 0 bridgehead atoms. The molecular formula is C16H25BrN4S. The molecule has 0 radical (unpaired) electrons. The number of halogens is 1. The van der Waals surface area contributed by atoms with E-state index in [0.717, 1.165) is 25.6 Å². The molecule has 0 aromatic carbocycles. The lowest BCUT2D eigenvalue weighted by Crippen LogP contribution is -2.44. The van der Waals surface area contributed by atoms with Crippen LogP contribution in [0.25, 0.3) is 0 Å². The summed E-state index contributed by atoms with van der Waals surface area (Å²) in [4.78, 5) is 9.58. The Labute approximate surface area is 145 Å². The molecule has 6 heteroatoms. The molecule has 1 aromatic heterocycles. The number of guanidine groups is 1. The molecule has 2 aliphatic rings. The van der Waals surface area contributed by atoms with E-state index in [0.29, 0.717) is 6.04 Å². The van der Waals surface area contributed by atoms with Crippen LogP contribution in [0.4, 0.5) is 0 Å². The normalized spacial score (nSPS) is 24.0. The second kappa shape index (κ2) is 7.79. The van der Waals surface area contributed by atoms with E-state index in [1.807, 2.05) is 7.05 Å². The first kappa shape index (κ1) is 16.3. The van der Waals surface area contributed by atoms with Gasteiger partial charge in [0.25, 0.3) is 0 Å². The summed E-state index contributed by atoms with van der Waals surface area (Å²) in [5.41, 5.74) is 1.31. The van der Waals surface area contributed by atoms with Gasteiger partial charge >= 0.3 is 0 Å². The molecule has 1 atom stereocenters. The standard InChI is InChI=1S/C16H25BrN4S/c1-18-16(19-10-13-9-15(17)22-12-13)21-8-5-14(11-21)20-6-3-2-4-7-20/h9,12,14H,2-8,10-11H2,1H3,(H,18,19). The van der Waals surface area contributed by atoms with Crippen molar-refractivity contribution in [3.05, 3.63) is 20.8 Å². The summed E-state index contributed by atoms with van der Waals surface area (Å²) in [7, 11) is 1.89. The number of nitrogens with one attached hydrogen (secondary N) is 1. The van der Waals surface area contributed by atoms with Crippen LogP contribution in [-0.2, 0) is 6.54 Å². The summed E-state index contributed by atoms with van der Waals surface area (Å²) in [6, 6.07) is 2.89. The second-order valence-electron chi connectivity index (χ2n) is 6.14. The molecule has 2 aliphatic heterocycles. The lowest BCUT2D eigenvalue weighted by molar-refractivity contribution is 0.168. The highest BCUT2D eigenvalue weighted by Gasteiger charge is 2.29. The first-order valence-corrected chi connectivity index (χ1v) is 9.86. The van der Waals surface area contributed by atoms with Crippen LogP contribution >= 0.6 is 27.3 Å². The zero-order valence-corrected chi connectivity index (χ0v) is 15.6. The molecule has 0 amide bonds. The lowest BCUT2D eigenvalue weighted by atomic mass is 10.1. The van der Waals surface area contributed by atoms with Gasteiger partial charge in [-0.25, -0.2) is 0 Å². The minimum Gasteiger partial charge on any atom is -0.352 e. The lowest BCUT2D eigenvalue weighted by Gasteiger charge is -2.32. The number of rotatable bonds is 3. The smallest absolute Gasteiger partial charge is 0.193 e. The molecule has 1 unspecified atom stereocenters. The van der Waals surface area contributed by atoms with Crippen molar-refractivity contribution in [2.45, 2.75) is 38.3 Å². The van der Waals surface area contributed by atoms with Gasteiger partial charge < -0.3 is 10.2 Å². The van der Waals surface area contributed by atoms with Crippen molar-refractivity contribution < 1.29 is 0 Å². The summed E-state index contributed by atoms with van der Waals surface area (Å²) >= 11 is 5.25. The quantitative estimate of drug-likeness (QED) is 0.641. The maximum Gasteiger partial charge on any atom is 0.193 e. The Kier molecular flexibility index (Phi) is 5.77. The number of nitrogens with zero attached hydrogens (tertiary/aromatic N) is 3. The van der Waals surface area contributed by atoms with Crippen molar-refractivity contribution in [3.63, 3.8) is 0 Å². The van der Waals surface area contributed by atoms with Crippen LogP contribution in [0.3, 0.4) is 0 Å². The highest BCUT2D eigenvalue weighted by molar-refractivity contribution is 9.11. The van der Waals surface area contributed by atoms with Crippen LogP contribution in [0, 0.1) is 0 Å². The highest BCUT2D eigenvalue weighted by atomic mass is 79.9. The van der Waals surface area contributed by atoms with Gasteiger partial charge in [-0.3, -0.25) is 9.89 Å². The van der Waals surface area contributed by atoms with E-state index in [1.165, 1.54) is 48.1 Å². The third kappa shape index (κ3) is 4.03. The van der Waals surface area contributed by atoms with Gasteiger partial charge in [0.15, 0.2) is 5.96 Å². The van der Waals surface area contributed by atoms with E-state index in [1.54, 1.807) is 11.3 Å². The predicted octanol–water partition coefficient (Wildman–Crippen LogP) is 3.15. The minimum absolute atomic E-state index is 0.717. The molecule has 1 N–H and O–H groups in total. The average molecular weight is 385 g/mol. The van der Waals surface area contributed by atoms with Gasteiger partial charge in [0.1, 0.15) is 0 Å². The Morgan fingerprint density at radius 3 is 2.86 bits per heavy atom. The fraction of sp³-hybridized carbons (Fsp3) is 0.688. The Hall–Kier alpha value is -0.590. The van der Waals surface area contributed by atoms with Crippen LogP contribution in [0.15, 0.2) is 20.2 Å². The molecule has 2 saturated heterocycles. The molecule has 3 rings (SSSR count). The molecule has 0 spiro atoms. The van der Waals surface area contributed by atoms with E-state index in [4.69, 9.17) is 0 Å². The van der Waals surface area contributed by atoms with Gasteiger partial charge in [0.05, 0.1) is 3.79 Å². The van der Waals surface area contributed by atoms with E-state index < -0.39 is 0 Å². The predicted molar refractivity (Wildman–Crippen MR) is 97.6 cm³/mol. The summed E-state index contributed by atoms with van der Waals surface area (Å²) in [6.45, 7) is 5.65. The third-order valence-corrected chi connectivity index (χ3v) is 6.21. The van der Waals surface area contributed by atoms with Crippen molar-refractivity contribution in [1.29, 1.82) is 0 Å². The number of piperidine rings is 1. The van der Waals surface area contributed by atoms with Crippen molar-refractivity contribution >= 4 is 33.2 Å². The number of likely N-dealkylation sites (tertiary alicyclic amines) is 2. The van der Waals surface area contributed by atoms with E-state index >= 15 is 0 Å². The SMILES string of the molecule is CN=C(NCc1csc(Br)c1)N1CCC(N2CCCCC2)C1. The fourth-order valence-electron chi connectivity index (χ4n) is 3.47. The number of hydrogen-bond acceptors (Lipinski definition) is 3. The van der Waals surface area contributed by atoms with Gasteiger partial charge in [0, 0.05) is 32.7 Å². The Balaban J connectivity index is 1.51. The Morgan fingerprint density at radius 2 is 2.18 bits per heavy atom. The van der Waals surface area contributed by atoms with Crippen molar-refractivity contribution in [2.75, 3.05) is 33.2 Å². The van der Waals surface area contributed by atoms with E-state index in [-0.39, 0.29) is 0 Å². The second-order valence-corrected chi connectivity index (χ2v) is 8.44. The van der Waals surface area contributed by atoms with Crippen molar-refractivity contribution in [1.82, 2.24) is 15.1 Å². The Bertz CT molecular complexity index is 510. The number of hydrogen-bond donors (Lipinski definition) is 1. The molecule has 2 fully saturated rings. The number of aliphatic imine (C=N–C) groups is 1. The van der Waals surface area contributed by atoms with Crippen LogP contribution in [0.5, 0.6) is 0 Å². The van der Waals surface area contributed by atoms with Crippen molar-refractivity contribution in [2.24, 2.45) is 4.99 Å². The van der Waals surface area contributed by atoms with Gasteiger partial charge in [-0.1, -0.05) is 6.42 Å². The van der Waals surface area contributed by atoms with Gasteiger partial charge in [0.2, 0.25) is 0 Å². The summed E-state index contributed by atoms with van der Waals surface area (Å²) in [6.07, 6.45) is 5.42. The molecule has 1 aromatic rings. The maximum absolute atomic E-state index is 4.48. The zero-order chi connectivity index (χ0) is 15.4. The van der Waals surface area contributed by atoms with Gasteiger partial charge in [-0.15, -0.1) is 11.3 Å². The van der Waals surface area contributed by atoms with Crippen LogP contribution < -0.4 is 5.32 Å². The molecule has 0 saturated carbocycles. The largest absolute Gasteiger partial charge is 0.352 e. The number of thiophene rings is 1. The molecule has 22 heavy (non-hydrogen) atoms. The maximum atomic E-state index is 4.48. The highest BCUT2D eigenvalue weighted by Crippen LogP contribution is 2.22. The monoisotopic (exact) mass is 384 g/mol. The molecule has 4 nitrogen and oxygen atoms in total. The average Bonchev–Trinajstić information content (AvgIpc) is 3.18. The van der Waals surface area contributed by atoms with E-state index in [2.05, 4.69) is 47.5 Å². The Morgan fingerprint density at radius 1 is 1.36 bits per heavy atom. The van der Waals surface area contributed by atoms with E-state index in [9.17, 15) is 0 Å². The first-order valence-electron chi connectivity index (χ1n) is 8.19. The summed E-state index contributed by atoms with van der Waals surface area (Å²) < 4.78 is 1.19. The molecule has 3 heterocycles. The van der Waals surface area contributed by atoms with Crippen LogP contribution in [0.1, 0.15) is 31.2 Å². The minimum atomic E-state index is 0.717. The zero-order valence-electron chi connectivity index (χ0n) is 13.2. The first-order chi connectivity index (χ1) is 10.8. The molecular weight excluding hydrogens is 360 g/mol. The van der Waals surface area contributed by atoms with Crippen LogP contribution in [0.2, 0.25) is 0 Å². The molecule has 122 valence electrons. The molecule has 0 aliphatic carbocycles. The van der Waals surface area contributed by atoms with Crippen LogP contribution in [-0.4, -0.2) is 55.0 Å². The fourth-order valence-corrected chi connectivity index (χ4v) is 4.68. The topological polar surface area (TPSA) is 30.9 Å². The van der Waals surface area contributed by atoms with Crippen molar-refractivity contribution in [3.8, 4) is 0 Å². The van der Waals surface area contributed by atoms with Gasteiger partial charge in [-0.2, -0.15) is 0 Å². The van der Waals surface area contributed by atoms with Gasteiger partial charge in [-0.05, 0) is 65.3 Å².